The van der Waals surface area contributed by atoms with E-state index in [0.29, 0.717) is 0 Å². The zero-order chi connectivity index (χ0) is 10.5. The summed E-state index contributed by atoms with van der Waals surface area (Å²) in [6, 6.07) is 7.45. The van der Waals surface area contributed by atoms with E-state index in [1.165, 1.54) is 0 Å². The minimum Gasteiger partial charge on any atom is -0.381 e. The van der Waals surface area contributed by atoms with E-state index in [0.717, 1.165) is 22.5 Å². The highest BCUT2D eigenvalue weighted by Crippen LogP contribution is 2.44. The second kappa shape index (κ2) is 2.64. The quantitative estimate of drug-likeness (QED) is 0.701. The molecule has 3 rings (SSSR count). The zero-order valence-electron chi connectivity index (χ0n) is 8.31. The fraction of sp³-hybridized carbons (Fsp3) is 0.167. The SMILES string of the molecule is CC1(O)c2cccnc2-c2ncccc21. The number of rotatable bonds is 0. The number of pyridine rings is 2. The monoisotopic (exact) mass is 198 g/mol. The van der Waals surface area contributed by atoms with Gasteiger partial charge in [0.15, 0.2) is 0 Å². The fourth-order valence-electron chi connectivity index (χ4n) is 2.12. The van der Waals surface area contributed by atoms with Gasteiger partial charge in [-0.05, 0) is 19.1 Å². The van der Waals surface area contributed by atoms with Crippen molar-refractivity contribution in [2.75, 3.05) is 0 Å². The summed E-state index contributed by atoms with van der Waals surface area (Å²) >= 11 is 0. The van der Waals surface area contributed by atoms with Crippen LogP contribution in [0.15, 0.2) is 36.7 Å². The van der Waals surface area contributed by atoms with Gasteiger partial charge in [0.05, 0.1) is 11.4 Å². The maximum absolute atomic E-state index is 10.4. The molecule has 1 N–H and O–H groups in total. The summed E-state index contributed by atoms with van der Waals surface area (Å²) in [6.45, 7) is 1.78. The van der Waals surface area contributed by atoms with Gasteiger partial charge in [0.2, 0.25) is 0 Å². The Morgan fingerprint density at radius 2 is 1.47 bits per heavy atom. The highest BCUT2D eigenvalue weighted by molar-refractivity contribution is 5.73. The average Bonchev–Trinajstić information content (AvgIpc) is 2.51. The first kappa shape index (κ1) is 8.56. The highest BCUT2D eigenvalue weighted by atomic mass is 16.3. The Morgan fingerprint density at radius 1 is 1.00 bits per heavy atom. The van der Waals surface area contributed by atoms with E-state index in [4.69, 9.17) is 0 Å². The third-order valence-corrected chi connectivity index (χ3v) is 2.89. The molecule has 74 valence electrons. The number of fused-ring (bicyclic) bond motifs is 3. The lowest BCUT2D eigenvalue weighted by Gasteiger charge is -2.18. The lowest BCUT2D eigenvalue weighted by Crippen LogP contribution is -2.19. The number of aromatic nitrogens is 2. The van der Waals surface area contributed by atoms with Crippen LogP contribution < -0.4 is 0 Å². The summed E-state index contributed by atoms with van der Waals surface area (Å²) in [7, 11) is 0. The first-order chi connectivity index (χ1) is 7.21. The molecule has 0 spiro atoms. The van der Waals surface area contributed by atoms with E-state index < -0.39 is 5.60 Å². The summed E-state index contributed by atoms with van der Waals surface area (Å²) in [5, 5.41) is 10.4. The molecule has 3 nitrogen and oxygen atoms in total. The molecule has 0 atom stereocenters. The Kier molecular flexibility index (Phi) is 1.51. The zero-order valence-corrected chi connectivity index (χ0v) is 8.31. The van der Waals surface area contributed by atoms with Gasteiger partial charge < -0.3 is 5.11 Å². The van der Waals surface area contributed by atoms with Crippen LogP contribution in [0, 0.1) is 0 Å². The van der Waals surface area contributed by atoms with E-state index in [1.54, 1.807) is 19.3 Å². The van der Waals surface area contributed by atoms with Crippen molar-refractivity contribution in [3.8, 4) is 11.4 Å². The van der Waals surface area contributed by atoms with Gasteiger partial charge in [-0.1, -0.05) is 12.1 Å². The molecule has 0 aliphatic heterocycles. The molecule has 0 radical (unpaired) electrons. The third kappa shape index (κ3) is 0.982. The van der Waals surface area contributed by atoms with Gasteiger partial charge in [-0.15, -0.1) is 0 Å². The third-order valence-electron chi connectivity index (χ3n) is 2.89. The number of hydrogen-bond acceptors (Lipinski definition) is 3. The van der Waals surface area contributed by atoms with E-state index in [-0.39, 0.29) is 0 Å². The standard InChI is InChI=1S/C12H10N2O/c1-12(15)8-4-2-6-13-10(8)11-9(12)5-3-7-14-11/h2-7,15H,1H3. The van der Waals surface area contributed by atoms with E-state index in [2.05, 4.69) is 9.97 Å². The Balaban J connectivity index is 2.42. The number of hydrogen-bond donors (Lipinski definition) is 1. The van der Waals surface area contributed by atoms with Crippen LogP contribution in [0.5, 0.6) is 0 Å². The smallest absolute Gasteiger partial charge is 0.116 e. The van der Waals surface area contributed by atoms with Crippen molar-refractivity contribution >= 4 is 0 Å². The van der Waals surface area contributed by atoms with Gasteiger partial charge in [0.25, 0.3) is 0 Å². The van der Waals surface area contributed by atoms with Gasteiger partial charge in [0.1, 0.15) is 5.60 Å². The second-order valence-electron chi connectivity index (χ2n) is 3.87. The van der Waals surface area contributed by atoms with Crippen molar-refractivity contribution in [1.29, 1.82) is 0 Å². The van der Waals surface area contributed by atoms with E-state index in [9.17, 15) is 5.11 Å². The van der Waals surface area contributed by atoms with Crippen LogP contribution in [-0.4, -0.2) is 15.1 Å². The minimum absolute atomic E-state index is 0.790. The Labute approximate surface area is 87.4 Å². The Hall–Kier alpha value is -1.74. The molecule has 0 fully saturated rings. The van der Waals surface area contributed by atoms with Crippen molar-refractivity contribution in [3.05, 3.63) is 47.8 Å². The first-order valence-corrected chi connectivity index (χ1v) is 4.85. The molecule has 15 heavy (non-hydrogen) atoms. The lowest BCUT2D eigenvalue weighted by molar-refractivity contribution is 0.107. The normalized spacial score (nSPS) is 15.9. The molecule has 2 aromatic rings. The molecule has 0 unspecified atom stereocenters. The van der Waals surface area contributed by atoms with Gasteiger partial charge in [0, 0.05) is 23.5 Å². The van der Waals surface area contributed by atoms with Crippen LogP contribution in [0.25, 0.3) is 11.4 Å². The van der Waals surface area contributed by atoms with Crippen LogP contribution in [0.4, 0.5) is 0 Å². The maximum atomic E-state index is 10.4. The Bertz CT molecular complexity index is 487. The molecule has 3 heteroatoms. The fourth-order valence-corrected chi connectivity index (χ4v) is 2.12. The molecule has 1 aliphatic carbocycles. The first-order valence-electron chi connectivity index (χ1n) is 4.85. The summed E-state index contributed by atoms with van der Waals surface area (Å²) in [6.07, 6.45) is 3.44. The van der Waals surface area contributed by atoms with Crippen molar-refractivity contribution in [2.45, 2.75) is 12.5 Å². The molecule has 0 bridgehead atoms. The molecular weight excluding hydrogens is 188 g/mol. The molecule has 2 heterocycles. The van der Waals surface area contributed by atoms with Gasteiger partial charge in [-0.2, -0.15) is 0 Å². The number of aliphatic hydroxyl groups is 1. The lowest BCUT2D eigenvalue weighted by atomic mass is 9.95. The van der Waals surface area contributed by atoms with Gasteiger partial charge in [-0.3, -0.25) is 9.97 Å². The molecule has 1 aliphatic rings. The maximum Gasteiger partial charge on any atom is 0.116 e. The van der Waals surface area contributed by atoms with Crippen LogP contribution in [0.1, 0.15) is 18.1 Å². The Morgan fingerprint density at radius 3 is 1.93 bits per heavy atom. The van der Waals surface area contributed by atoms with Crippen molar-refractivity contribution < 1.29 is 5.11 Å². The molecule has 0 saturated carbocycles. The van der Waals surface area contributed by atoms with Crippen molar-refractivity contribution in [2.24, 2.45) is 0 Å². The van der Waals surface area contributed by atoms with Crippen LogP contribution >= 0.6 is 0 Å². The van der Waals surface area contributed by atoms with Crippen LogP contribution in [0.3, 0.4) is 0 Å². The van der Waals surface area contributed by atoms with Gasteiger partial charge >= 0.3 is 0 Å². The molecule has 0 amide bonds. The predicted molar refractivity (Wildman–Crippen MR) is 56.1 cm³/mol. The summed E-state index contributed by atoms with van der Waals surface area (Å²) in [5.74, 6) is 0. The summed E-state index contributed by atoms with van der Waals surface area (Å²) in [5.41, 5.74) is 2.28. The second-order valence-corrected chi connectivity index (χ2v) is 3.87. The van der Waals surface area contributed by atoms with Gasteiger partial charge in [-0.25, -0.2) is 0 Å². The summed E-state index contributed by atoms with van der Waals surface area (Å²) in [4.78, 5) is 8.55. The minimum atomic E-state index is -0.965. The molecule has 0 aromatic carbocycles. The topological polar surface area (TPSA) is 46.0 Å². The summed E-state index contributed by atoms with van der Waals surface area (Å²) < 4.78 is 0. The predicted octanol–water partition coefficient (Wildman–Crippen LogP) is 1.71. The van der Waals surface area contributed by atoms with Crippen LogP contribution in [-0.2, 0) is 5.60 Å². The molecular formula is C12H10N2O. The largest absolute Gasteiger partial charge is 0.381 e. The molecule has 0 saturated heterocycles. The number of nitrogens with zero attached hydrogens (tertiary/aromatic N) is 2. The van der Waals surface area contributed by atoms with Crippen LogP contribution in [0.2, 0.25) is 0 Å². The van der Waals surface area contributed by atoms with Crippen molar-refractivity contribution in [3.63, 3.8) is 0 Å². The average molecular weight is 198 g/mol. The van der Waals surface area contributed by atoms with Crippen molar-refractivity contribution in [1.82, 2.24) is 9.97 Å². The molecule has 2 aromatic heterocycles. The van der Waals surface area contributed by atoms with E-state index >= 15 is 0 Å². The van der Waals surface area contributed by atoms with E-state index in [1.807, 2.05) is 24.3 Å². The highest BCUT2D eigenvalue weighted by Gasteiger charge is 2.38.